The molecular formula is C86H148NO8P. The molecule has 10 heteroatoms. The Bertz CT molecular complexity index is 2140. The van der Waals surface area contributed by atoms with Crippen molar-refractivity contribution in [3.63, 3.8) is 0 Å². The average molecular weight is 1360 g/mol. The Hall–Kier alpha value is -4.11. The first-order valence-electron chi connectivity index (χ1n) is 39.5. The molecule has 0 saturated carbocycles. The molecule has 0 aromatic heterocycles. The zero-order valence-corrected chi connectivity index (χ0v) is 63.7. The Morgan fingerprint density at radius 1 is 0.333 bits per heavy atom. The van der Waals surface area contributed by atoms with Crippen molar-refractivity contribution >= 4 is 19.8 Å². The maximum Gasteiger partial charge on any atom is 0.306 e. The van der Waals surface area contributed by atoms with Crippen molar-refractivity contribution in [3.05, 3.63) is 146 Å². The molecule has 2 atom stereocenters. The van der Waals surface area contributed by atoms with E-state index in [1.165, 1.54) is 193 Å². The molecule has 0 saturated heterocycles. The summed E-state index contributed by atoms with van der Waals surface area (Å²) in [6.45, 7) is 4.10. The Morgan fingerprint density at radius 3 is 0.885 bits per heavy atom. The molecule has 96 heavy (non-hydrogen) atoms. The number of phosphoric acid groups is 1. The molecule has 550 valence electrons. The maximum absolute atomic E-state index is 12.9. The Morgan fingerprint density at radius 2 is 0.594 bits per heavy atom. The molecule has 0 aromatic rings. The number of esters is 2. The van der Waals surface area contributed by atoms with Crippen molar-refractivity contribution in [2.24, 2.45) is 0 Å². The van der Waals surface area contributed by atoms with E-state index in [0.29, 0.717) is 17.4 Å². The third-order valence-electron chi connectivity index (χ3n) is 16.9. The topological polar surface area (TPSA) is 111 Å². The normalized spacial score (nSPS) is 13.9. The number of ether oxygens (including phenoxy) is 2. The minimum atomic E-state index is -4.67. The van der Waals surface area contributed by atoms with Crippen LogP contribution in [-0.4, -0.2) is 70.0 Å². The van der Waals surface area contributed by atoms with E-state index in [4.69, 9.17) is 18.5 Å². The number of nitrogens with zero attached hydrogens (tertiary/aromatic N) is 1. The summed E-state index contributed by atoms with van der Waals surface area (Å²) >= 11 is 0. The van der Waals surface area contributed by atoms with Gasteiger partial charge in [0.05, 0.1) is 27.7 Å². The van der Waals surface area contributed by atoms with Crippen LogP contribution in [0.15, 0.2) is 146 Å². The van der Waals surface area contributed by atoms with Gasteiger partial charge in [-0.1, -0.05) is 365 Å². The summed E-state index contributed by atoms with van der Waals surface area (Å²) in [6.07, 6.45) is 111. The van der Waals surface area contributed by atoms with Crippen molar-refractivity contribution in [2.45, 2.75) is 341 Å². The second-order valence-corrected chi connectivity index (χ2v) is 28.8. The lowest BCUT2D eigenvalue weighted by Crippen LogP contribution is -2.37. The first kappa shape index (κ1) is 91.9. The highest BCUT2D eigenvalue weighted by atomic mass is 31.2. The van der Waals surface area contributed by atoms with Crippen LogP contribution in [0, 0.1) is 0 Å². The summed E-state index contributed by atoms with van der Waals surface area (Å²) < 4.78 is 34.3. The number of hydrogen-bond acceptors (Lipinski definition) is 8. The summed E-state index contributed by atoms with van der Waals surface area (Å²) in [5.41, 5.74) is 0. The highest BCUT2D eigenvalue weighted by Gasteiger charge is 2.22. The molecule has 0 aliphatic rings. The molecule has 0 aromatic carbocycles. The summed E-state index contributed by atoms with van der Waals surface area (Å²) in [7, 11) is 1.13. The molecule has 0 aliphatic heterocycles. The third kappa shape index (κ3) is 78.9. The fourth-order valence-electron chi connectivity index (χ4n) is 10.9. The van der Waals surface area contributed by atoms with Crippen molar-refractivity contribution < 1.29 is 42.1 Å². The van der Waals surface area contributed by atoms with Gasteiger partial charge in [0, 0.05) is 12.8 Å². The minimum Gasteiger partial charge on any atom is -0.756 e. The van der Waals surface area contributed by atoms with Gasteiger partial charge >= 0.3 is 11.9 Å². The average Bonchev–Trinajstić information content (AvgIpc) is 1.98. The summed E-state index contributed by atoms with van der Waals surface area (Å²) in [4.78, 5) is 38.1. The van der Waals surface area contributed by atoms with Crippen LogP contribution in [0.25, 0.3) is 0 Å². The molecule has 0 aliphatic carbocycles. The summed E-state index contributed by atoms with van der Waals surface area (Å²) in [5, 5.41) is 0. The Kier molecular flexibility index (Phi) is 71.9. The molecule has 0 fully saturated rings. The van der Waals surface area contributed by atoms with Gasteiger partial charge in [0.1, 0.15) is 19.8 Å². The van der Waals surface area contributed by atoms with E-state index < -0.39 is 32.5 Å². The van der Waals surface area contributed by atoms with Gasteiger partial charge in [0.2, 0.25) is 0 Å². The number of likely N-dealkylation sites (N-methyl/N-ethyl adjacent to an activating group) is 1. The van der Waals surface area contributed by atoms with Crippen LogP contribution in [0.2, 0.25) is 0 Å². The van der Waals surface area contributed by atoms with Crippen LogP contribution in [0.4, 0.5) is 0 Å². The molecule has 0 amide bonds. The van der Waals surface area contributed by atoms with Crippen molar-refractivity contribution in [1.82, 2.24) is 0 Å². The number of carbonyl (C=O) groups is 2. The van der Waals surface area contributed by atoms with E-state index in [0.717, 1.165) is 109 Å². The molecule has 0 radical (unpaired) electrons. The lowest BCUT2D eigenvalue weighted by molar-refractivity contribution is -0.870. The smallest absolute Gasteiger partial charge is 0.306 e. The quantitative estimate of drug-likeness (QED) is 0.0195. The number of allylic oxidation sites excluding steroid dienone is 24. The van der Waals surface area contributed by atoms with Gasteiger partial charge in [-0.05, 0) is 103 Å². The van der Waals surface area contributed by atoms with Crippen LogP contribution in [-0.2, 0) is 32.7 Å². The van der Waals surface area contributed by atoms with E-state index in [2.05, 4.69) is 160 Å². The van der Waals surface area contributed by atoms with Crippen LogP contribution in [0.5, 0.6) is 0 Å². The van der Waals surface area contributed by atoms with Gasteiger partial charge < -0.3 is 27.9 Å². The first-order valence-corrected chi connectivity index (χ1v) is 41.0. The highest BCUT2D eigenvalue weighted by Crippen LogP contribution is 2.38. The van der Waals surface area contributed by atoms with E-state index in [1.54, 1.807) is 0 Å². The molecule has 0 spiro atoms. The van der Waals surface area contributed by atoms with Crippen LogP contribution < -0.4 is 4.89 Å². The number of phosphoric ester groups is 1. The van der Waals surface area contributed by atoms with Gasteiger partial charge in [-0.15, -0.1) is 0 Å². The SMILES string of the molecule is CC/C=C\C/C=C\C/C=C\C/C=C\C/C=C\C/C=C\C/C=C\C/C=C\C/C=C\C/C=C\C/C=C\C/C=C\CCCCC(=O)OC(COC(=O)CCCCCCCCCCCCCCCCCCCCCCCCCCCCCCCCCCC)COP(=O)([O-])OCC[N+](C)(C)C. The van der Waals surface area contributed by atoms with Crippen LogP contribution >= 0.6 is 7.82 Å². The molecule has 2 unspecified atom stereocenters. The van der Waals surface area contributed by atoms with E-state index in [1.807, 2.05) is 21.1 Å². The largest absolute Gasteiger partial charge is 0.756 e. The fraction of sp³-hybridized carbons (Fsp3) is 0.698. The van der Waals surface area contributed by atoms with Gasteiger partial charge in [0.25, 0.3) is 7.82 Å². The van der Waals surface area contributed by atoms with E-state index in [9.17, 15) is 19.0 Å². The molecule has 0 bridgehead atoms. The van der Waals surface area contributed by atoms with Crippen LogP contribution in [0.3, 0.4) is 0 Å². The summed E-state index contributed by atoms with van der Waals surface area (Å²) in [6, 6.07) is 0. The zero-order valence-electron chi connectivity index (χ0n) is 62.8. The molecule has 0 heterocycles. The standard InChI is InChI=1S/C86H148NO8P/c1-6-8-10-12-14-16-18-20-22-24-26-28-30-32-34-36-38-40-41-42-43-44-45-47-49-51-53-55-57-59-61-63-65-67-69-71-73-75-77-79-86(89)95-84(83-94-96(90,91)93-81-80-87(3,4)5)82-92-85(88)78-76-74-72-70-68-66-64-62-60-58-56-54-52-50-48-46-39-37-35-33-31-29-27-25-23-21-19-17-15-13-11-9-7-2/h8,10,14,16,20,22,26,28,32,34,38,40,42-43,45,47,51,53,57,59,63,65,69,71,84H,6-7,9,11-13,15,17-19,21,23-25,27,29-31,33,35-37,39,41,44,46,48-50,52,54-56,58,60-62,64,66-68,70,72-83H2,1-5H3/b10-8-,16-14-,22-20-,28-26-,34-32-,40-38-,43-42-,47-45-,53-51-,59-57-,65-63-,71-69-. The molecule has 0 N–H and O–H groups in total. The lowest BCUT2D eigenvalue weighted by atomic mass is 10.0. The van der Waals surface area contributed by atoms with Crippen molar-refractivity contribution in [3.8, 4) is 0 Å². The lowest BCUT2D eigenvalue weighted by Gasteiger charge is -2.28. The molecule has 9 nitrogen and oxygen atoms in total. The van der Waals surface area contributed by atoms with Gasteiger partial charge in [0.15, 0.2) is 6.10 Å². The molecule has 0 rings (SSSR count). The zero-order chi connectivity index (χ0) is 69.7. The van der Waals surface area contributed by atoms with Crippen molar-refractivity contribution in [1.29, 1.82) is 0 Å². The Balaban J connectivity index is 4.10. The molecular weight excluding hydrogens is 1210 g/mol. The number of rotatable bonds is 72. The second kappa shape index (κ2) is 75.1. The number of carbonyl (C=O) groups excluding carboxylic acids is 2. The second-order valence-electron chi connectivity index (χ2n) is 27.4. The number of quaternary nitrogens is 1. The predicted molar refractivity (Wildman–Crippen MR) is 415 cm³/mol. The maximum atomic E-state index is 12.9. The highest BCUT2D eigenvalue weighted by molar-refractivity contribution is 7.45. The van der Waals surface area contributed by atoms with Gasteiger partial charge in [-0.3, -0.25) is 14.2 Å². The van der Waals surface area contributed by atoms with Crippen molar-refractivity contribution in [2.75, 3.05) is 47.5 Å². The minimum absolute atomic E-state index is 0.0453. The Labute approximate surface area is 593 Å². The van der Waals surface area contributed by atoms with E-state index >= 15 is 0 Å². The van der Waals surface area contributed by atoms with E-state index in [-0.39, 0.29) is 26.1 Å². The fourth-order valence-corrected chi connectivity index (χ4v) is 11.6. The first-order chi connectivity index (χ1) is 47.0. The number of hydrogen-bond donors (Lipinski definition) is 0. The van der Waals surface area contributed by atoms with Gasteiger partial charge in [-0.2, -0.15) is 0 Å². The van der Waals surface area contributed by atoms with Gasteiger partial charge in [-0.25, -0.2) is 0 Å². The number of unbranched alkanes of at least 4 members (excludes halogenated alkanes) is 34. The predicted octanol–water partition coefficient (Wildman–Crippen LogP) is 25.9. The third-order valence-corrected chi connectivity index (χ3v) is 17.8. The monoisotopic (exact) mass is 1350 g/mol. The summed E-state index contributed by atoms with van der Waals surface area (Å²) in [5.74, 6) is -0.882. The van der Waals surface area contributed by atoms with Crippen LogP contribution in [0.1, 0.15) is 335 Å².